The van der Waals surface area contributed by atoms with Gasteiger partial charge < -0.3 is 25.0 Å². The number of carbonyl (C=O) groups is 2. The molecule has 1 atom stereocenters. The fraction of sp³-hybridized carbons (Fsp3) is 0.333. The third-order valence-corrected chi connectivity index (χ3v) is 9.54. The second kappa shape index (κ2) is 12.0. The summed E-state index contributed by atoms with van der Waals surface area (Å²) in [4.78, 5) is 23.2. The molecule has 0 saturated carbocycles. The molecule has 202 valence electrons. The van der Waals surface area contributed by atoms with Crippen LogP contribution in [0.4, 0.5) is 0 Å². The van der Waals surface area contributed by atoms with Gasteiger partial charge in [0.05, 0.1) is 5.75 Å². The second-order valence-corrected chi connectivity index (χ2v) is 12.2. The summed E-state index contributed by atoms with van der Waals surface area (Å²) in [7, 11) is -3.69. The number of hydrogen-bond acceptors (Lipinski definition) is 8. The van der Waals surface area contributed by atoms with Crippen LogP contribution in [0.3, 0.4) is 0 Å². The molecule has 9 nitrogen and oxygen atoms in total. The molecule has 3 N–H and O–H groups in total. The Kier molecular flexibility index (Phi) is 8.70. The molecule has 11 heteroatoms. The summed E-state index contributed by atoms with van der Waals surface area (Å²) in [5.74, 6) is -2.42. The van der Waals surface area contributed by atoms with E-state index in [1.54, 1.807) is 55.5 Å². The fourth-order valence-electron chi connectivity index (χ4n) is 4.53. The van der Waals surface area contributed by atoms with Crippen molar-refractivity contribution in [2.24, 2.45) is 5.92 Å². The van der Waals surface area contributed by atoms with Gasteiger partial charge in [0.2, 0.25) is 5.44 Å². The van der Waals surface area contributed by atoms with Gasteiger partial charge >= 0.3 is 11.9 Å². The first-order valence-corrected chi connectivity index (χ1v) is 14.6. The minimum atomic E-state index is -3.69. The van der Waals surface area contributed by atoms with Crippen molar-refractivity contribution in [3.63, 3.8) is 0 Å². The predicted molar refractivity (Wildman–Crippen MR) is 144 cm³/mol. The second-order valence-electron chi connectivity index (χ2n) is 9.10. The number of benzene rings is 2. The lowest BCUT2D eigenvalue weighted by molar-refractivity contribution is -0.139. The first-order valence-electron chi connectivity index (χ1n) is 12.1. The highest BCUT2D eigenvalue weighted by Crippen LogP contribution is 2.42. The molecule has 1 saturated heterocycles. The zero-order valence-corrected chi connectivity index (χ0v) is 22.4. The van der Waals surface area contributed by atoms with Crippen LogP contribution < -0.4 is 14.8 Å². The Balaban J connectivity index is 1.66. The number of rotatable bonds is 11. The Bertz CT molecular complexity index is 1400. The summed E-state index contributed by atoms with van der Waals surface area (Å²) < 4.78 is 38.7. The van der Waals surface area contributed by atoms with E-state index in [0.717, 1.165) is 11.3 Å². The SMILES string of the molecule is Cc1c(-c2cccc(OC(C3CCNCC3)S(=O)(=O)Cc3ccccc3)c2)sc(C(=O)O)c1OCC(=O)O. The van der Waals surface area contributed by atoms with Crippen molar-refractivity contribution in [3.8, 4) is 21.9 Å². The van der Waals surface area contributed by atoms with Gasteiger partial charge in [-0.15, -0.1) is 11.3 Å². The standard InChI is InChI=1S/C27H29NO8S2/c1-17-23(35-15-22(29)30)25(26(31)32)37-24(17)20-8-5-9-21(14-20)36-27(19-10-12-28-13-11-19)38(33,34)16-18-6-3-2-4-7-18/h2-9,14,19,27-28H,10-13,15-16H2,1H3,(H,29,30)(H,31,32). The van der Waals surface area contributed by atoms with Gasteiger partial charge in [-0.25, -0.2) is 18.0 Å². The molecule has 2 aromatic carbocycles. The zero-order valence-electron chi connectivity index (χ0n) is 20.8. The Hall–Kier alpha value is -3.41. The molecule has 0 bridgehead atoms. The van der Waals surface area contributed by atoms with Crippen LogP contribution >= 0.6 is 11.3 Å². The van der Waals surface area contributed by atoms with Crippen LogP contribution in [0, 0.1) is 12.8 Å². The highest BCUT2D eigenvalue weighted by molar-refractivity contribution is 7.91. The van der Waals surface area contributed by atoms with Crippen LogP contribution in [0.25, 0.3) is 10.4 Å². The molecule has 0 radical (unpaired) electrons. The number of nitrogens with one attached hydrogen (secondary N) is 1. The minimum Gasteiger partial charge on any atom is -0.480 e. The minimum absolute atomic E-state index is 0.00393. The lowest BCUT2D eigenvalue weighted by Crippen LogP contribution is -2.41. The van der Waals surface area contributed by atoms with Crippen molar-refractivity contribution in [1.29, 1.82) is 0 Å². The van der Waals surface area contributed by atoms with Crippen molar-refractivity contribution in [2.75, 3.05) is 19.7 Å². The molecule has 0 amide bonds. The molecule has 4 rings (SSSR count). The maximum Gasteiger partial charge on any atom is 0.349 e. The molecule has 1 aliphatic rings. The van der Waals surface area contributed by atoms with E-state index < -0.39 is 33.8 Å². The lowest BCUT2D eigenvalue weighted by atomic mass is 9.99. The number of sulfone groups is 1. The highest BCUT2D eigenvalue weighted by Gasteiger charge is 2.36. The molecule has 0 spiro atoms. The molecule has 1 fully saturated rings. The van der Waals surface area contributed by atoms with Crippen molar-refractivity contribution in [3.05, 3.63) is 70.6 Å². The molecule has 38 heavy (non-hydrogen) atoms. The van der Waals surface area contributed by atoms with Gasteiger partial charge in [-0.2, -0.15) is 0 Å². The molecular weight excluding hydrogens is 530 g/mol. The first-order chi connectivity index (χ1) is 18.2. The maximum atomic E-state index is 13.6. The van der Waals surface area contributed by atoms with Gasteiger partial charge in [-0.05, 0) is 56.1 Å². The topological polar surface area (TPSA) is 139 Å². The van der Waals surface area contributed by atoms with E-state index in [-0.39, 0.29) is 22.3 Å². The predicted octanol–water partition coefficient (Wildman–Crippen LogP) is 4.20. The smallest absolute Gasteiger partial charge is 0.349 e. The van der Waals surface area contributed by atoms with Crippen molar-refractivity contribution in [2.45, 2.75) is 31.0 Å². The van der Waals surface area contributed by atoms with Gasteiger partial charge in [0, 0.05) is 16.4 Å². The van der Waals surface area contributed by atoms with Gasteiger partial charge in [0.25, 0.3) is 0 Å². The van der Waals surface area contributed by atoms with Crippen LogP contribution in [0.2, 0.25) is 0 Å². The number of hydrogen-bond donors (Lipinski definition) is 3. The Morgan fingerprint density at radius 2 is 1.79 bits per heavy atom. The zero-order chi connectivity index (χ0) is 27.3. The first kappa shape index (κ1) is 27.6. The van der Waals surface area contributed by atoms with E-state index in [1.807, 2.05) is 6.07 Å². The molecule has 1 unspecified atom stereocenters. The Morgan fingerprint density at radius 3 is 2.45 bits per heavy atom. The average Bonchev–Trinajstić information content (AvgIpc) is 3.23. The third-order valence-electron chi connectivity index (χ3n) is 6.31. The summed E-state index contributed by atoms with van der Waals surface area (Å²) in [6.45, 7) is 2.40. The molecule has 3 aromatic rings. The average molecular weight is 560 g/mol. The Morgan fingerprint density at radius 1 is 1.08 bits per heavy atom. The number of carboxylic acid groups (broad SMARTS) is 2. The van der Waals surface area contributed by atoms with Gasteiger partial charge in [0.1, 0.15) is 11.5 Å². The lowest BCUT2D eigenvalue weighted by Gasteiger charge is -2.31. The van der Waals surface area contributed by atoms with Crippen molar-refractivity contribution < 1.29 is 37.7 Å². The molecule has 2 heterocycles. The molecular formula is C27H29NO8S2. The number of aliphatic carboxylic acids is 1. The van der Waals surface area contributed by atoms with Crippen LogP contribution in [0.15, 0.2) is 54.6 Å². The third kappa shape index (κ3) is 6.53. The molecule has 1 aliphatic heterocycles. The van der Waals surface area contributed by atoms with E-state index in [9.17, 15) is 23.1 Å². The summed E-state index contributed by atoms with van der Waals surface area (Å²) in [6, 6.07) is 15.8. The van der Waals surface area contributed by atoms with Gasteiger partial charge in [-0.3, -0.25) is 0 Å². The van der Waals surface area contributed by atoms with E-state index in [4.69, 9.17) is 14.6 Å². The van der Waals surface area contributed by atoms with E-state index in [0.29, 0.717) is 53.2 Å². The number of carboxylic acids is 2. The maximum absolute atomic E-state index is 13.6. The Labute approximate surface area is 225 Å². The van der Waals surface area contributed by atoms with E-state index in [1.165, 1.54) is 0 Å². The van der Waals surface area contributed by atoms with E-state index in [2.05, 4.69) is 5.32 Å². The van der Waals surface area contributed by atoms with Gasteiger partial charge in [0.15, 0.2) is 21.3 Å². The summed E-state index contributed by atoms with van der Waals surface area (Å²) in [6.07, 6.45) is 1.32. The molecule has 1 aromatic heterocycles. The van der Waals surface area contributed by atoms with Crippen molar-refractivity contribution >= 4 is 33.1 Å². The quantitative estimate of drug-likeness (QED) is 0.315. The number of thiophene rings is 1. The normalized spacial score (nSPS) is 15.1. The monoisotopic (exact) mass is 559 g/mol. The summed E-state index contributed by atoms with van der Waals surface area (Å²) in [5, 5.41) is 21.9. The number of aromatic carboxylic acids is 1. The van der Waals surface area contributed by atoms with Crippen LogP contribution in [-0.4, -0.2) is 55.7 Å². The number of piperidine rings is 1. The van der Waals surface area contributed by atoms with Crippen LogP contribution in [0.5, 0.6) is 11.5 Å². The van der Waals surface area contributed by atoms with Gasteiger partial charge in [-0.1, -0.05) is 42.5 Å². The summed E-state index contributed by atoms with van der Waals surface area (Å²) in [5.41, 5.74) is 0.737. The number of ether oxygens (including phenoxy) is 2. The highest BCUT2D eigenvalue weighted by atomic mass is 32.2. The molecule has 0 aliphatic carbocycles. The van der Waals surface area contributed by atoms with Crippen LogP contribution in [-0.2, 0) is 20.4 Å². The van der Waals surface area contributed by atoms with E-state index >= 15 is 0 Å². The van der Waals surface area contributed by atoms with Crippen molar-refractivity contribution in [1.82, 2.24) is 5.32 Å². The largest absolute Gasteiger partial charge is 0.480 e. The fourth-order valence-corrected chi connectivity index (χ4v) is 7.56. The summed E-state index contributed by atoms with van der Waals surface area (Å²) >= 11 is 0.962. The van der Waals surface area contributed by atoms with Crippen LogP contribution in [0.1, 0.15) is 33.6 Å².